The number of benzene rings is 1. The van der Waals surface area contributed by atoms with Crippen LogP contribution in [0.5, 0.6) is 11.5 Å². The van der Waals surface area contributed by atoms with Crippen LogP contribution in [0.3, 0.4) is 0 Å². The molecule has 0 amide bonds. The first kappa shape index (κ1) is 18.1. The van der Waals surface area contributed by atoms with E-state index in [1.165, 1.54) is 0 Å². The summed E-state index contributed by atoms with van der Waals surface area (Å²) in [5.74, 6) is -1.18. The van der Waals surface area contributed by atoms with Crippen molar-refractivity contribution >= 4 is 5.97 Å². The molecule has 1 aromatic rings. The number of rotatable bonds is 2. The Kier molecular flexibility index (Phi) is 3.90. The van der Waals surface area contributed by atoms with Crippen LogP contribution in [0.1, 0.15) is 82.9 Å². The number of phenols is 2. The van der Waals surface area contributed by atoms with Gasteiger partial charge in [0.2, 0.25) is 0 Å². The lowest BCUT2D eigenvalue weighted by Gasteiger charge is -2.61. The van der Waals surface area contributed by atoms with Gasteiger partial charge in [-0.2, -0.15) is 0 Å². The number of hydrogen-bond acceptors (Lipinski definition) is 3. The van der Waals surface area contributed by atoms with Crippen LogP contribution in [0.4, 0.5) is 0 Å². The van der Waals surface area contributed by atoms with Crippen LogP contribution in [0.2, 0.25) is 0 Å². The highest BCUT2D eigenvalue weighted by Crippen LogP contribution is 2.67. The molecule has 4 nitrogen and oxygen atoms in total. The standard InChI is InChI=1S/C21H30O4/c1-12(2)14-11-13-7-10-20(5)19(3,4)8-6-9-21(20,18(24)25)15(13)17(23)16(14)22/h11-12,22-23H,6-10H2,1-5H3,(H,24,25)/t20-,21?/m0/s1. The van der Waals surface area contributed by atoms with Crippen molar-refractivity contribution < 1.29 is 20.1 Å². The second-order valence-electron chi connectivity index (χ2n) is 9.13. The largest absolute Gasteiger partial charge is 0.504 e. The van der Waals surface area contributed by atoms with Crippen LogP contribution in [-0.4, -0.2) is 21.3 Å². The Morgan fingerprint density at radius 2 is 1.72 bits per heavy atom. The summed E-state index contributed by atoms with van der Waals surface area (Å²) in [4.78, 5) is 12.7. The first-order valence-electron chi connectivity index (χ1n) is 9.31. The Morgan fingerprint density at radius 3 is 2.28 bits per heavy atom. The second kappa shape index (κ2) is 5.39. The van der Waals surface area contributed by atoms with Crippen LogP contribution in [0.15, 0.2) is 6.07 Å². The molecule has 2 aliphatic rings. The molecule has 2 aliphatic carbocycles. The maximum atomic E-state index is 12.7. The van der Waals surface area contributed by atoms with Crippen molar-refractivity contribution in [1.82, 2.24) is 0 Å². The van der Waals surface area contributed by atoms with E-state index in [-0.39, 0.29) is 22.8 Å². The predicted octanol–water partition coefficient (Wildman–Crippen LogP) is 4.71. The van der Waals surface area contributed by atoms with Gasteiger partial charge < -0.3 is 15.3 Å². The van der Waals surface area contributed by atoms with Crippen LogP contribution in [0, 0.1) is 10.8 Å². The second-order valence-corrected chi connectivity index (χ2v) is 9.13. The van der Waals surface area contributed by atoms with E-state index < -0.39 is 16.8 Å². The summed E-state index contributed by atoms with van der Waals surface area (Å²) in [6, 6.07) is 1.92. The van der Waals surface area contributed by atoms with Gasteiger partial charge in [0, 0.05) is 11.1 Å². The van der Waals surface area contributed by atoms with Gasteiger partial charge in [0.25, 0.3) is 0 Å². The minimum Gasteiger partial charge on any atom is -0.504 e. The minimum atomic E-state index is -1.15. The van der Waals surface area contributed by atoms with E-state index in [0.29, 0.717) is 17.5 Å². The molecule has 0 saturated heterocycles. The number of fused-ring (bicyclic) bond motifs is 3. The van der Waals surface area contributed by atoms with Crippen LogP contribution in [-0.2, 0) is 16.6 Å². The summed E-state index contributed by atoms with van der Waals surface area (Å²) in [5, 5.41) is 31.8. The summed E-state index contributed by atoms with van der Waals surface area (Å²) >= 11 is 0. The molecule has 2 atom stereocenters. The molecule has 0 heterocycles. The quantitative estimate of drug-likeness (QED) is 0.678. The van der Waals surface area contributed by atoms with E-state index in [9.17, 15) is 20.1 Å². The Bertz CT molecular complexity index is 734. The SMILES string of the molecule is CC(C)c1cc2c(c(O)c1O)C1(C(=O)O)CCCC(C)(C)[C@]1(C)CC2. The molecular formula is C21H30O4. The zero-order valence-electron chi connectivity index (χ0n) is 15.9. The third kappa shape index (κ3) is 2.09. The molecule has 1 saturated carbocycles. The van der Waals surface area contributed by atoms with Gasteiger partial charge in [-0.3, -0.25) is 4.79 Å². The zero-order chi connectivity index (χ0) is 18.8. The lowest BCUT2D eigenvalue weighted by Crippen LogP contribution is -2.61. The fourth-order valence-corrected chi connectivity index (χ4v) is 5.56. The number of hydrogen-bond donors (Lipinski definition) is 3. The number of aromatic hydroxyl groups is 2. The van der Waals surface area contributed by atoms with Crippen molar-refractivity contribution in [2.24, 2.45) is 10.8 Å². The lowest BCUT2D eigenvalue weighted by atomic mass is 9.41. The summed E-state index contributed by atoms with van der Waals surface area (Å²) < 4.78 is 0. The van der Waals surface area contributed by atoms with Crippen LogP contribution < -0.4 is 0 Å². The highest BCUT2D eigenvalue weighted by atomic mass is 16.4. The molecule has 0 spiro atoms. The molecule has 0 aliphatic heterocycles. The van der Waals surface area contributed by atoms with E-state index in [4.69, 9.17) is 0 Å². The fourth-order valence-electron chi connectivity index (χ4n) is 5.56. The molecule has 1 aromatic carbocycles. The molecule has 138 valence electrons. The van der Waals surface area contributed by atoms with Gasteiger partial charge in [0.1, 0.15) is 5.41 Å². The van der Waals surface area contributed by atoms with E-state index in [0.717, 1.165) is 31.2 Å². The van der Waals surface area contributed by atoms with E-state index >= 15 is 0 Å². The number of aryl methyl sites for hydroxylation is 1. The summed E-state index contributed by atoms with van der Waals surface area (Å²) in [5.41, 5.74) is 0.260. The van der Waals surface area contributed by atoms with Crippen molar-refractivity contribution in [2.75, 3.05) is 0 Å². The molecule has 0 bridgehead atoms. The number of carbonyl (C=O) groups is 1. The Labute approximate surface area is 149 Å². The molecule has 0 aromatic heterocycles. The van der Waals surface area contributed by atoms with E-state index in [2.05, 4.69) is 20.8 Å². The van der Waals surface area contributed by atoms with Crippen molar-refractivity contribution in [2.45, 2.75) is 78.1 Å². The topological polar surface area (TPSA) is 77.8 Å². The van der Waals surface area contributed by atoms with Crippen molar-refractivity contribution in [3.63, 3.8) is 0 Å². The first-order chi connectivity index (χ1) is 11.5. The van der Waals surface area contributed by atoms with E-state index in [1.54, 1.807) is 0 Å². The fraction of sp³-hybridized carbons (Fsp3) is 0.667. The summed E-state index contributed by atoms with van der Waals surface area (Å²) in [7, 11) is 0. The third-order valence-corrected chi connectivity index (χ3v) is 7.48. The Balaban J connectivity index is 2.38. The molecule has 25 heavy (non-hydrogen) atoms. The van der Waals surface area contributed by atoms with Crippen LogP contribution in [0.25, 0.3) is 0 Å². The normalized spacial score (nSPS) is 30.6. The highest BCUT2D eigenvalue weighted by Gasteiger charge is 2.65. The molecule has 4 heteroatoms. The number of carboxylic acids is 1. The third-order valence-electron chi connectivity index (χ3n) is 7.48. The van der Waals surface area contributed by atoms with Crippen LogP contribution >= 0.6 is 0 Å². The monoisotopic (exact) mass is 346 g/mol. The molecule has 1 unspecified atom stereocenters. The molecule has 1 fully saturated rings. The zero-order valence-corrected chi connectivity index (χ0v) is 15.9. The van der Waals surface area contributed by atoms with Gasteiger partial charge in [-0.1, -0.05) is 47.1 Å². The van der Waals surface area contributed by atoms with Gasteiger partial charge in [-0.25, -0.2) is 0 Å². The molecule has 0 radical (unpaired) electrons. The number of aliphatic carboxylic acids is 1. The van der Waals surface area contributed by atoms with Crippen molar-refractivity contribution in [3.8, 4) is 11.5 Å². The number of carboxylic acid groups (broad SMARTS) is 1. The molecular weight excluding hydrogens is 316 g/mol. The maximum Gasteiger partial charge on any atom is 0.314 e. The van der Waals surface area contributed by atoms with Gasteiger partial charge in [0.05, 0.1) is 0 Å². The maximum absolute atomic E-state index is 12.7. The van der Waals surface area contributed by atoms with Crippen molar-refractivity contribution in [3.05, 3.63) is 22.8 Å². The smallest absolute Gasteiger partial charge is 0.314 e. The molecule has 3 N–H and O–H groups in total. The minimum absolute atomic E-state index is 0.0630. The van der Waals surface area contributed by atoms with Gasteiger partial charge in [-0.15, -0.1) is 0 Å². The number of phenolic OH excluding ortho intramolecular Hbond substituents is 2. The lowest BCUT2D eigenvalue weighted by molar-refractivity contribution is -0.163. The highest BCUT2D eigenvalue weighted by molar-refractivity contribution is 5.86. The molecule has 3 rings (SSSR count). The average Bonchev–Trinajstić information content (AvgIpc) is 2.51. The summed E-state index contributed by atoms with van der Waals surface area (Å²) in [6.45, 7) is 10.3. The van der Waals surface area contributed by atoms with Gasteiger partial charge in [0.15, 0.2) is 11.5 Å². The van der Waals surface area contributed by atoms with E-state index in [1.807, 2.05) is 19.9 Å². The van der Waals surface area contributed by atoms with Gasteiger partial charge in [-0.05, 0) is 48.0 Å². The van der Waals surface area contributed by atoms with Crippen molar-refractivity contribution in [1.29, 1.82) is 0 Å². The average molecular weight is 346 g/mol. The first-order valence-corrected chi connectivity index (χ1v) is 9.31. The Morgan fingerprint density at radius 1 is 1.08 bits per heavy atom. The summed E-state index contributed by atoms with van der Waals surface area (Å²) in [6.07, 6.45) is 3.80. The predicted molar refractivity (Wildman–Crippen MR) is 97.2 cm³/mol. The van der Waals surface area contributed by atoms with Gasteiger partial charge >= 0.3 is 5.97 Å². The Hall–Kier alpha value is -1.71.